The van der Waals surface area contributed by atoms with Gasteiger partial charge in [0, 0.05) is 39.3 Å². The van der Waals surface area contributed by atoms with Gasteiger partial charge in [-0.05, 0) is 45.4 Å². The molecule has 0 unspecified atom stereocenters. The molecular formula is C14H29N5O. The summed E-state index contributed by atoms with van der Waals surface area (Å²) >= 11 is 0. The highest BCUT2D eigenvalue weighted by Gasteiger charge is 2.20. The first kappa shape index (κ1) is 15.5. The highest BCUT2D eigenvalue weighted by Crippen LogP contribution is 2.05. The Morgan fingerprint density at radius 2 is 1.70 bits per heavy atom. The van der Waals surface area contributed by atoms with Gasteiger partial charge < -0.3 is 25.8 Å². The van der Waals surface area contributed by atoms with Crippen LogP contribution in [0.15, 0.2) is 0 Å². The van der Waals surface area contributed by atoms with Crippen LogP contribution in [0.4, 0.5) is 4.79 Å². The maximum Gasteiger partial charge on any atom is 0.317 e. The summed E-state index contributed by atoms with van der Waals surface area (Å²) in [5.74, 6) is 0. The Balaban J connectivity index is 1.63. The van der Waals surface area contributed by atoms with Crippen LogP contribution in [0.5, 0.6) is 0 Å². The normalized spacial score (nSPS) is 22.1. The molecule has 0 atom stereocenters. The Hall–Kier alpha value is -0.850. The first-order valence-corrected chi connectivity index (χ1v) is 7.97. The quantitative estimate of drug-likeness (QED) is 0.633. The smallest absolute Gasteiger partial charge is 0.317 e. The van der Waals surface area contributed by atoms with Gasteiger partial charge in [0.15, 0.2) is 0 Å². The Kier molecular flexibility index (Phi) is 6.56. The van der Waals surface area contributed by atoms with Crippen molar-refractivity contribution < 1.29 is 4.79 Å². The summed E-state index contributed by atoms with van der Waals surface area (Å²) in [7, 11) is 0. The maximum absolute atomic E-state index is 11.5. The molecule has 2 saturated heterocycles. The number of carbonyl (C=O) groups is 1. The van der Waals surface area contributed by atoms with Crippen LogP contribution in [0.2, 0.25) is 0 Å². The molecule has 2 aliphatic heterocycles. The van der Waals surface area contributed by atoms with Crippen molar-refractivity contribution in [3.63, 3.8) is 0 Å². The molecule has 0 spiro atoms. The Labute approximate surface area is 122 Å². The second-order valence-electron chi connectivity index (χ2n) is 5.75. The zero-order chi connectivity index (χ0) is 14.2. The number of nitrogens with two attached hydrogens (primary N) is 1. The Bertz CT molecular complexity index is 299. The summed E-state index contributed by atoms with van der Waals surface area (Å²) in [5, 5.41) is 2.86. The van der Waals surface area contributed by atoms with Crippen LogP contribution in [-0.2, 0) is 0 Å². The Morgan fingerprint density at radius 1 is 0.950 bits per heavy atom. The van der Waals surface area contributed by atoms with Crippen LogP contribution in [-0.4, -0.2) is 86.2 Å². The average Bonchev–Trinajstić information content (AvgIpc) is 2.72. The molecule has 0 aromatic heterocycles. The number of unbranched alkanes of at least 4 members (excludes halogenated alkanes) is 1. The molecule has 6 nitrogen and oxygen atoms in total. The van der Waals surface area contributed by atoms with E-state index in [0.717, 1.165) is 58.8 Å². The van der Waals surface area contributed by atoms with Crippen LogP contribution >= 0.6 is 0 Å². The molecular weight excluding hydrogens is 254 g/mol. The molecule has 2 amide bonds. The third-order valence-electron chi connectivity index (χ3n) is 4.24. The number of rotatable bonds is 7. The summed E-state index contributed by atoms with van der Waals surface area (Å²) in [6.07, 6.45) is 3.57. The third-order valence-corrected chi connectivity index (χ3v) is 4.24. The highest BCUT2D eigenvalue weighted by atomic mass is 16.2. The molecule has 6 heteroatoms. The molecule has 2 rings (SSSR count). The van der Waals surface area contributed by atoms with E-state index in [1.807, 2.05) is 4.90 Å². The van der Waals surface area contributed by atoms with Crippen LogP contribution in [0.3, 0.4) is 0 Å². The number of hydrogen-bond donors (Lipinski definition) is 2. The zero-order valence-corrected chi connectivity index (χ0v) is 12.5. The number of amides is 2. The average molecular weight is 283 g/mol. The fraction of sp³-hybridized carbons (Fsp3) is 0.929. The summed E-state index contributed by atoms with van der Waals surface area (Å²) in [6, 6.07) is 0.100. The number of nitrogens with one attached hydrogen (secondary N) is 1. The highest BCUT2D eigenvalue weighted by molar-refractivity contribution is 5.76. The fourth-order valence-electron chi connectivity index (χ4n) is 2.94. The van der Waals surface area contributed by atoms with E-state index in [-0.39, 0.29) is 6.03 Å². The van der Waals surface area contributed by atoms with Crippen molar-refractivity contribution in [1.29, 1.82) is 0 Å². The topological polar surface area (TPSA) is 64.8 Å². The Morgan fingerprint density at radius 3 is 2.35 bits per heavy atom. The van der Waals surface area contributed by atoms with Crippen molar-refractivity contribution in [3.8, 4) is 0 Å². The first-order chi connectivity index (χ1) is 9.79. The van der Waals surface area contributed by atoms with E-state index >= 15 is 0 Å². The third kappa shape index (κ3) is 4.92. The molecule has 116 valence electrons. The molecule has 2 fully saturated rings. The van der Waals surface area contributed by atoms with E-state index < -0.39 is 0 Å². The van der Waals surface area contributed by atoms with E-state index in [2.05, 4.69) is 15.1 Å². The van der Waals surface area contributed by atoms with Crippen LogP contribution in [0.1, 0.15) is 19.3 Å². The molecule has 20 heavy (non-hydrogen) atoms. The van der Waals surface area contributed by atoms with Gasteiger partial charge in [0.05, 0.1) is 0 Å². The first-order valence-electron chi connectivity index (χ1n) is 7.97. The van der Waals surface area contributed by atoms with Crippen molar-refractivity contribution in [2.45, 2.75) is 19.3 Å². The minimum absolute atomic E-state index is 0.100. The number of carbonyl (C=O) groups excluding carboxylic acids is 1. The lowest BCUT2D eigenvalue weighted by molar-refractivity contribution is 0.201. The molecule has 0 saturated carbocycles. The van der Waals surface area contributed by atoms with Gasteiger partial charge in [-0.1, -0.05) is 0 Å². The van der Waals surface area contributed by atoms with Gasteiger partial charge in [-0.15, -0.1) is 0 Å². The van der Waals surface area contributed by atoms with Gasteiger partial charge >= 0.3 is 6.03 Å². The van der Waals surface area contributed by atoms with Gasteiger partial charge in [0.2, 0.25) is 0 Å². The maximum atomic E-state index is 11.5. The summed E-state index contributed by atoms with van der Waals surface area (Å²) in [4.78, 5) is 18.5. The van der Waals surface area contributed by atoms with Crippen molar-refractivity contribution >= 4 is 6.03 Å². The largest absolute Gasteiger partial charge is 0.336 e. The number of nitrogens with zero attached hydrogens (tertiary/aromatic N) is 3. The van der Waals surface area contributed by atoms with Crippen molar-refractivity contribution in [2.75, 3.05) is 65.4 Å². The van der Waals surface area contributed by atoms with Gasteiger partial charge in [-0.3, -0.25) is 0 Å². The number of hydrogen-bond acceptors (Lipinski definition) is 4. The SMILES string of the molecule is NCCCCN1CCCN(CCN2CCNC2=O)CC1. The lowest BCUT2D eigenvalue weighted by atomic mass is 10.3. The second kappa shape index (κ2) is 8.44. The van der Waals surface area contributed by atoms with Gasteiger partial charge in [0.1, 0.15) is 0 Å². The molecule has 0 aromatic carbocycles. The lowest BCUT2D eigenvalue weighted by Gasteiger charge is -2.23. The van der Waals surface area contributed by atoms with Crippen LogP contribution < -0.4 is 11.1 Å². The van der Waals surface area contributed by atoms with E-state index in [1.165, 1.54) is 25.9 Å². The van der Waals surface area contributed by atoms with E-state index in [4.69, 9.17) is 5.73 Å². The molecule has 0 radical (unpaired) electrons. The molecule has 0 aliphatic carbocycles. The molecule has 2 heterocycles. The van der Waals surface area contributed by atoms with Crippen molar-refractivity contribution in [3.05, 3.63) is 0 Å². The van der Waals surface area contributed by atoms with E-state index in [1.54, 1.807) is 0 Å². The van der Waals surface area contributed by atoms with Gasteiger partial charge in [-0.2, -0.15) is 0 Å². The van der Waals surface area contributed by atoms with Gasteiger partial charge in [0.25, 0.3) is 0 Å². The molecule has 0 aromatic rings. The van der Waals surface area contributed by atoms with Crippen molar-refractivity contribution in [1.82, 2.24) is 20.0 Å². The monoisotopic (exact) mass is 283 g/mol. The zero-order valence-electron chi connectivity index (χ0n) is 12.5. The predicted octanol–water partition coefficient (Wildman–Crippen LogP) is -0.242. The standard InChI is InChI=1S/C14H29N5O/c15-4-1-2-6-17-7-3-8-18(11-10-17)12-13-19-9-5-16-14(19)20/h1-13,15H2,(H,16,20). The van der Waals surface area contributed by atoms with Gasteiger partial charge in [-0.25, -0.2) is 4.79 Å². The fourth-order valence-corrected chi connectivity index (χ4v) is 2.94. The predicted molar refractivity (Wildman–Crippen MR) is 80.8 cm³/mol. The van der Waals surface area contributed by atoms with Crippen LogP contribution in [0, 0.1) is 0 Å². The minimum atomic E-state index is 0.100. The van der Waals surface area contributed by atoms with Crippen molar-refractivity contribution in [2.24, 2.45) is 5.73 Å². The minimum Gasteiger partial charge on any atom is -0.336 e. The molecule has 2 aliphatic rings. The van der Waals surface area contributed by atoms with E-state index in [9.17, 15) is 4.79 Å². The van der Waals surface area contributed by atoms with E-state index in [0.29, 0.717) is 0 Å². The molecule has 0 bridgehead atoms. The lowest BCUT2D eigenvalue weighted by Crippen LogP contribution is -2.38. The summed E-state index contributed by atoms with van der Waals surface area (Å²) in [6.45, 7) is 10.1. The molecule has 3 N–H and O–H groups in total. The summed E-state index contributed by atoms with van der Waals surface area (Å²) < 4.78 is 0. The summed E-state index contributed by atoms with van der Waals surface area (Å²) in [5.41, 5.74) is 5.54. The second-order valence-corrected chi connectivity index (χ2v) is 5.75. The number of urea groups is 1. The van der Waals surface area contributed by atoms with Crippen LogP contribution in [0.25, 0.3) is 0 Å².